The zero-order valence-electron chi connectivity index (χ0n) is 20.4. The lowest BCUT2D eigenvalue weighted by atomic mass is 10.00. The van der Waals surface area contributed by atoms with E-state index in [0.717, 1.165) is 0 Å². The number of carbonyl (C=O) groups excluding carboxylic acids is 3. The van der Waals surface area contributed by atoms with Gasteiger partial charge in [-0.05, 0) is 73.0 Å². The molecule has 0 spiro atoms. The molecule has 1 fully saturated rings. The van der Waals surface area contributed by atoms with Gasteiger partial charge in [-0.2, -0.15) is 0 Å². The predicted octanol–water partition coefficient (Wildman–Crippen LogP) is 5.19. The van der Waals surface area contributed by atoms with E-state index in [1.807, 2.05) is 13.8 Å². The maximum Gasteiger partial charge on any atom is 0.411 e. The maximum atomic E-state index is 13.4. The molecule has 37 heavy (non-hydrogen) atoms. The summed E-state index contributed by atoms with van der Waals surface area (Å²) >= 11 is 0. The standard InChI is InChI=1S/C28H27F2N3O4/c1-3-17(2)31-27(35)24-25(37-28(36)33(24)16-18-4-10-21(29)11-5-18)19-8-14-23(15-9-19)32-26(34)20-6-12-22(30)13-7-20/h4-15,17,24-25H,3,16H2,1-2H3,(H,31,35)(H,32,34)/t17-,24-,25+/m0/s1. The van der Waals surface area contributed by atoms with E-state index in [2.05, 4.69) is 10.6 Å². The minimum Gasteiger partial charge on any atom is -0.438 e. The molecule has 0 aromatic heterocycles. The van der Waals surface area contributed by atoms with Gasteiger partial charge >= 0.3 is 6.09 Å². The molecule has 0 saturated carbocycles. The molecule has 1 aliphatic rings. The third kappa shape index (κ3) is 6.11. The number of carbonyl (C=O) groups is 3. The summed E-state index contributed by atoms with van der Waals surface area (Å²) in [5.41, 5.74) is 2.00. The first kappa shape index (κ1) is 25.8. The summed E-state index contributed by atoms with van der Waals surface area (Å²) in [5.74, 6) is -1.60. The van der Waals surface area contributed by atoms with Crippen LogP contribution in [0.4, 0.5) is 19.3 Å². The normalized spacial score (nSPS) is 17.7. The molecule has 0 unspecified atom stereocenters. The topological polar surface area (TPSA) is 87.7 Å². The molecule has 9 heteroatoms. The van der Waals surface area contributed by atoms with Gasteiger partial charge in [0.05, 0.1) is 6.54 Å². The molecular formula is C28H27F2N3O4. The highest BCUT2D eigenvalue weighted by Crippen LogP contribution is 2.34. The zero-order chi connectivity index (χ0) is 26.5. The van der Waals surface area contributed by atoms with E-state index in [-0.39, 0.29) is 18.5 Å². The van der Waals surface area contributed by atoms with Crippen LogP contribution in [-0.4, -0.2) is 34.9 Å². The van der Waals surface area contributed by atoms with E-state index < -0.39 is 35.8 Å². The third-order valence-electron chi connectivity index (χ3n) is 6.22. The number of hydrogen-bond donors (Lipinski definition) is 2. The van der Waals surface area contributed by atoms with Gasteiger partial charge in [0.1, 0.15) is 11.6 Å². The molecule has 3 atom stereocenters. The lowest BCUT2D eigenvalue weighted by Crippen LogP contribution is -2.48. The quantitative estimate of drug-likeness (QED) is 0.439. The van der Waals surface area contributed by atoms with Crippen LogP contribution in [0.1, 0.15) is 47.9 Å². The Morgan fingerprint density at radius 1 is 0.946 bits per heavy atom. The van der Waals surface area contributed by atoms with Gasteiger partial charge in [-0.15, -0.1) is 0 Å². The largest absolute Gasteiger partial charge is 0.438 e. The fourth-order valence-electron chi connectivity index (χ4n) is 3.99. The minimum absolute atomic E-state index is 0.0695. The van der Waals surface area contributed by atoms with Crippen molar-refractivity contribution in [1.82, 2.24) is 10.2 Å². The number of cyclic esters (lactones) is 1. The number of amides is 3. The summed E-state index contributed by atoms with van der Waals surface area (Å²) in [7, 11) is 0. The summed E-state index contributed by atoms with van der Waals surface area (Å²) in [6.07, 6.45) is -0.843. The predicted molar refractivity (Wildman–Crippen MR) is 134 cm³/mol. The number of rotatable bonds is 8. The Balaban J connectivity index is 1.55. The summed E-state index contributed by atoms with van der Waals surface area (Å²) in [6, 6.07) is 16.4. The van der Waals surface area contributed by atoms with E-state index in [1.165, 1.54) is 41.3 Å². The number of halogens is 2. The van der Waals surface area contributed by atoms with Crippen molar-refractivity contribution in [2.24, 2.45) is 0 Å². The van der Waals surface area contributed by atoms with E-state index in [0.29, 0.717) is 28.8 Å². The van der Waals surface area contributed by atoms with E-state index in [4.69, 9.17) is 4.74 Å². The molecule has 3 aromatic carbocycles. The third-order valence-corrected chi connectivity index (χ3v) is 6.22. The molecule has 7 nitrogen and oxygen atoms in total. The highest BCUT2D eigenvalue weighted by atomic mass is 19.1. The molecule has 0 bridgehead atoms. The van der Waals surface area contributed by atoms with Crippen molar-refractivity contribution in [3.05, 3.63) is 101 Å². The van der Waals surface area contributed by atoms with Crippen molar-refractivity contribution in [3.8, 4) is 0 Å². The van der Waals surface area contributed by atoms with Crippen LogP contribution in [0.3, 0.4) is 0 Å². The Morgan fingerprint density at radius 2 is 1.54 bits per heavy atom. The Labute approximate surface area is 213 Å². The van der Waals surface area contributed by atoms with Gasteiger partial charge in [0.25, 0.3) is 5.91 Å². The van der Waals surface area contributed by atoms with Gasteiger partial charge in [-0.25, -0.2) is 13.6 Å². The molecule has 3 amide bonds. The lowest BCUT2D eigenvalue weighted by Gasteiger charge is -2.25. The van der Waals surface area contributed by atoms with Crippen LogP contribution in [0.2, 0.25) is 0 Å². The molecule has 1 aliphatic heterocycles. The van der Waals surface area contributed by atoms with Crippen LogP contribution in [-0.2, 0) is 16.1 Å². The number of benzene rings is 3. The molecule has 3 aromatic rings. The van der Waals surface area contributed by atoms with Crippen LogP contribution in [0.25, 0.3) is 0 Å². The number of hydrogen-bond acceptors (Lipinski definition) is 4. The summed E-state index contributed by atoms with van der Waals surface area (Å²) in [6.45, 7) is 3.88. The highest BCUT2D eigenvalue weighted by molar-refractivity contribution is 6.04. The Hall–Kier alpha value is -4.27. The molecule has 1 heterocycles. The second-order valence-corrected chi connectivity index (χ2v) is 8.90. The first-order valence-electron chi connectivity index (χ1n) is 11.9. The summed E-state index contributed by atoms with van der Waals surface area (Å²) in [5, 5.41) is 5.65. The number of anilines is 1. The molecule has 4 rings (SSSR count). The maximum absolute atomic E-state index is 13.4. The fraction of sp³-hybridized carbons (Fsp3) is 0.250. The van der Waals surface area contributed by atoms with Gasteiger partial charge < -0.3 is 15.4 Å². The smallest absolute Gasteiger partial charge is 0.411 e. The van der Waals surface area contributed by atoms with Crippen molar-refractivity contribution in [2.75, 3.05) is 5.32 Å². The lowest BCUT2D eigenvalue weighted by molar-refractivity contribution is -0.127. The molecule has 2 N–H and O–H groups in total. The van der Waals surface area contributed by atoms with Crippen molar-refractivity contribution in [1.29, 1.82) is 0 Å². The van der Waals surface area contributed by atoms with Crippen LogP contribution in [0, 0.1) is 11.6 Å². The van der Waals surface area contributed by atoms with E-state index in [9.17, 15) is 23.2 Å². The van der Waals surface area contributed by atoms with Gasteiger partial charge in [0.2, 0.25) is 5.91 Å². The molecular weight excluding hydrogens is 480 g/mol. The SMILES string of the molecule is CC[C@H](C)NC(=O)[C@@H]1[C@@H](c2ccc(NC(=O)c3ccc(F)cc3)cc2)OC(=O)N1Cc1ccc(F)cc1. The number of nitrogens with zero attached hydrogens (tertiary/aromatic N) is 1. The van der Waals surface area contributed by atoms with Crippen molar-refractivity contribution in [3.63, 3.8) is 0 Å². The first-order chi connectivity index (χ1) is 17.7. The van der Waals surface area contributed by atoms with Crippen LogP contribution in [0.5, 0.6) is 0 Å². The van der Waals surface area contributed by atoms with Crippen molar-refractivity contribution < 1.29 is 27.9 Å². The van der Waals surface area contributed by atoms with E-state index >= 15 is 0 Å². The Kier molecular flexibility index (Phi) is 7.81. The highest BCUT2D eigenvalue weighted by Gasteiger charge is 2.47. The van der Waals surface area contributed by atoms with Gasteiger partial charge in [0, 0.05) is 17.3 Å². The number of nitrogens with one attached hydrogen (secondary N) is 2. The molecule has 0 aliphatic carbocycles. The van der Waals surface area contributed by atoms with E-state index in [1.54, 1.807) is 36.4 Å². The second kappa shape index (κ2) is 11.2. The minimum atomic E-state index is -0.953. The van der Waals surface area contributed by atoms with Crippen molar-refractivity contribution >= 4 is 23.6 Å². The number of ether oxygens (including phenoxy) is 1. The van der Waals surface area contributed by atoms with Crippen LogP contribution in [0.15, 0.2) is 72.8 Å². The average molecular weight is 508 g/mol. The Bertz CT molecular complexity index is 1260. The zero-order valence-corrected chi connectivity index (χ0v) is 20.4. The second-order valence-electron chi connectivity index (χ2n) is 8.90. The summed E-state index contributed by atoms with van der Waals surface area (Å²) in [4.78, 5) is 39.9. The Morgan fingerprint density at radius 3 is 2.14 bits per heavy atom. The monoisotopic (exact) mass is 507 g/mol. The average Bonchev–Trinajstić information content (AvgIpc) is 3.21. The van der Waals surface area contributed by atoms with Crippen LogP contribution >= 0.6 is 0 Å². The molecule has 0 radical (unpaired) electrons. The van der Waals surface area contributed by atoms with Crippen LogP contribution < -0.4 is 10.6 Å². The fourth-order valence-corrected chi connectivity index (χ4v) is 3.99. The molecule has 192 valence electrons. The van der Waals surface area contributed by atoms with Crippen molar-refractivity contribution in [2.45, 2.75) is 45.0 Å². The van der Waals surface area contributed by atoms with Gasteiger partial charge in [0.15, 0.2) is 12.1 Å². The molecule has 1 saturated heterocycles. The first-order valence-corrected chi connectivity index (χ1v) is 11.9. The summed E-state index contributed by atoms with van der Waals surface area (Å²) < 4.78 is 32.1. The van der Waals surface area contributed by atoms with Gasteiger partial charge in [-0.1, -0.05) is 31.2 Å². The van der Waals surface area contributed by atoms with Gasteiger partial charge in [-0.3, -0.25) is 14.5 Å².